The Bertz CT molecular complexity index is 634. The highest BCUT2D eigenvalue weighted by Gasteiger charge is 2.10. The van der Waals surface area contributed by atoms with Crippen LogP contribution < -0.4 is 14.8 Å². The number of halogens is 2. The van der Waals surface area contributed by atoms with E-state index >= 15 is 0 Å². The van der Waals surface area contributed by atoms with Crippen molar-refractivity contribution in [2.24, 2.45) is 0 Å². The van der Waals surface area contributed by atoms with Crippen LogP contribution in [0.25, 0.3) is 0 Å². The number of hydrogen-bond donors (Lipinski definition) is 1. The van der Waals surface area contributed by atoms with E-state index < -0.39 is 0 Å². The highest BCUT2D eigenvalue weighted by molar-refractivity contribution is 6.32. The molecule has 5 heteroatoms. The zero-order valence-electron chi connectivity index (χ0n) is 12.1. The van der Waals surface area contributed by atoms with Crippen LogP contribution in [0.4, 0.5) is 10.1 Å². The Labute approximate surface area is 128 Å². The summed E-state index contributed by atoms with van der Waals surface area (Å²) in [7, 11) is 3.01. The molecule has 1 unspecified atom stereocenters. The van der Waals surface area contributed by atoms with Crippen molar-refractivity contribution in [1.29, 1.82) is 0 Å². The largest absolute Gasteiger partial charge is 0.495 e. The second kappa shape index (κ2) is 6.68. The van der Waals surface area contributed by atoms with Crippen molar-refractivity contribution in [2.75, 3.05) is 19.5 Å². The number of methoxy groups -OCH3 is 2. The Balaban J connectivity index is 2.17. The molecule has 2 aromatic rings. The fourth-order valence-corrected chi connectivity index (χ4v) is 2.23. The van der Waals surface area contributed by atoms with Crippen LogP contribution in [0.1, 0.15) is 18.5 Å². The second-order valence-corrected chi connectivity index (χ2v) is 5.02. The van der Waals surface area contributed by atoms with Gasteiger partial charge in [-0.15, -0.1) is 0 Å². The summed E-state index contributed by atoms with van der Waals surface area (Å²) < 4.78 is 23.8. The minimum absolute atomic E-state index is 0.0729. The Hall–Kier alpha value is -1.94. The lowest BCUT2D eigenvalue weighted by Crippen LogP contribution is -2.07. The number of nitrogens with one attached hydrogen (secondary N) is 1. The van der Waals surface area contributed by atoms with Crippen LogP contribution in [0.15, 0.2) is 36.4 Å². The van der Waals surface area contributed by atoms with Gasteiger partial charge in [-0.3, -0.25) is 0 Å². The summed E-state index contributed by atoms with van der Waals surface area (Å²) in [4.78, 5) is 0. The average Bonchev–Trinajstić information content (AvgIpc) is 2.49. The van der Waals surface area contributed by atoms with Crippen molar-refractivity contribution in [1.82, 2.24) is 0 Å². The summed E-state index contributed by atoms with van der Waals surface area (Å²) in [6, 6.07) is 10.2. The number of rotatable bonds is 5. The number of ether oxygens (including phenoxy) is 2. The van der Waals surface area contributed by atoms with E-state index in [1.807, 2.05) is 19.1 Å². The highest BCUT2D eigenvalue weighted by Crippen LogP contribution is 2.30. The van der Waals surface area contributed by atoms with E-state index in [9.17, 15) is 4.39 Å². The SMILES string of the molecule is COc1ccc(C(C)Nc2ccc(Cl)c(OC)c2)cc1F. The lowest BCUT2D eigenvalue weighted by molar-refractivity contribution is 0.386. The van der Waals surface area contributed by atoms with Gasteiger partial charge in [0.1, 0.15) is 5.75 Å². The third kappa shape index (κ3) is 3.58. The summed E-state index contributed by atoms with van der Waals surface area (Å²) >= 11 is 5.99. The van der Waals surface area contributed by atoms with Crippen molar-refractivity contribution in [3.8, 4) is 11.5 Å². The van der Waals surface area contributed by atoms with Crippen molar-refractivity contribution >= 4 is 17.3 Å². The fraction of sp³-hybridized carbons (Fsp3) is 0.250. The molecule has 0 aliphatic carbocycles. The molecule has 0 bridgehead atoms. The monoisotopic (exact) mass is 309 g/mol. The molecule has 3 nitrogen and oxygen atoms in total. The van der Waals surface area contributed by atoms with Gasteiger partial charge in [0.2, 0.25) is 0 Å². The minimum atomic E-state index is -0.377. The molecule has 0 saturated heterocycles. The number of hydrogen-bond acceptors (Lipinski definition) is 3. The summed E-state index contributed by atoms with van der Waals surface area (Å²) in [5.41, 5.74) is 1.67. The van der Waals surface area contributed by atoms with Crippen LogP contribution in [0.2, 0.25) is 5.02 Å². The van der Waals surface area contributed by atoms with Gasteiger partial charge < -0.3 is 14.8 Å². The molecule has 0 fully saturated rings. The zero-order chi connectivity index (χ0) is 15.4. The van der Waals surface area contributed by atoms with E-state index in [2.05, 4.69) is 5.32 Å². The third-order valence-electron chi connectivity index (χ3n) is 3.21. The van der Waals surface area contributed by atoms with Gasteiger partial charge in [-0.25, -0.2) is 4.39 Å². The minimum Gasteiger partial charge on any atom is -0.495 e. The second-order valence-electron chi connectivity index (χ2n) is 4.61. The van der Waals surface area contributed by atoms with Crippen molar-refractivity contribution in [3.05, 3.63) is 52.8 Å². The van der Waals surface area contributed by atoms with Gasteiger partial charge in [0, 0.05) is 17.8 Å². The average molecular weight is 310 g/mol. The van der Waals surface area contributed by atoms with Crippen molar-refractivity contribution in [3.63, 3.8) is 0 Å². The van der Waals surface area contributed by atoms with Crippen LogP contribution in [0.3, 0.4) is 0 Å². The third-order valence-corrected chi connectivity index (χ3v) is 3.52. The molecule has 21 heavy (non-hydrogen) atoms. The van der Waals surface area contributed by atoms with Gasteiger partial charge in [0.15, 0.2) is 11.6 Å². The molecule has 0 radical (unpaired) electrons. The molecule has 0 spiro atoms. The van der Waals surface area contributed by atoms with Crippen molar-refractivity contribution in [2.45, 2.75) is 13.0 Å². The maximum absolute atomic E-state index is 13.7. The number of anilines is 1. The molecule has 0 aliphatic rings. The zero-order valence-corrected chi connectivity index (χ0v) is 12.9. The molecule has 2 aromatic carbocycles. The Morgan fingerprint density at radius 1 is 1.05 bits per heavy atom. The van der Waals surface area contributed by atoms with Gasteiger partial charge in [0.25, 0.3) is 0 Å². The van der Waals surface area contributed by atoms with Gasteiger partial charge in [-0.1, -0.05) is 17.7 Å². The summed E-state index contributed by atoms with van der Waals surface area (Å²) in [5.74, 6) is 0.450. The molecule has 0 aliphatic heterocycles. The predicted molar refractivity (Wildman–Crippen MR) is 83.0 cm³/mol. The standard InChI is InChI=1S/C16H17ClFNO2/c1-10(11-4-7-15(20-2)14(18)8-11)19-12-5-6-13(17)16(9-12)21-3/h4-10,19H,1-3H3. The van der Waals surface area contributed by atoms with Crippen molar-refractivity contribution < 1.29 is 13.9 Å². The maximum Gasteiger partial charge on any atom is 0.165 e. The lowest BCUT2D eigenvalue weighted by Gasteiger charge is -2.17. The van der Waals surface area contributed by atoms with Crippen LogP contribution in [0.5, 0.6) is 11.5 Å². The summed E-state index contributed by atoms with van der Waals surface area (Å²) in [6.45, 7) is 1.95. The van der Waals surface area contributed by atoms with E-state index in [1.165, 1.54) is 13.2 Å². The first kappa shape index (κ1) is 15.4. The molecule has 0 amide bonds. The molecular weight excluding hydrogens is 293 g/mol. The lowest BCUT2D eigenvalue weighted by atomic mass is 10.1. The molecule has 0 aromatic heterocycles. The molecule has 1 N–H and O–H groups in total. The Kier molecular flexibility index (Phi) is 4.91. The van der Waals surface area contributed by atoms with E-state index in [1.54, 1.807) is 25.3 Å². The van der Waals surface area contributed by atoms with E-state index in [0.29, 0.717) is 10.8 Å². The van der Waals surface area contributed by atoms with Gasteiger partial charge in [-0.05, 0) is 36.8 Å². The Morgan fingerprint density at radius 3 is 2.38 bits per heavy atom. The summed E-state index contributed by atoms with van der Waals surface area (Å²) in [6.07, 6.45) is 0. The van der Waals surface area contributed by atoms with Gasteiger partial charge in [0.05, 0.1) is 19.2 Å². The molecule has 0 heterocycles. The van der Waals surface area contributed by atoms with Gasteiger partial charge in [-0.2, -0.15) is 0 Å². The van der Waals surface area contributed by atoms with Crippen LogP contribution >= 0.6 is 11.6 Å². The molecule has 2 rings (SSSR count). The summed E-state index contributed by atoms with van der Waals surface area (Å²) in [5, 5.41) is 3.83. The van der Waals surface area contributed by atoms with Crippen LogP contribution in [0, 0.1) is 5.82 Å². The first-order valence-corrected chi connectivity index (χ1v) is 6.86. The first-order chi connectivity index (χ1) is 10.0. The first-order valence-electron chi connectivity index (χ1n) is 6.48. The van der Waals surface area contributed by atoms with Gasteiger partial charge >= 0.3 is 0 Å². The van der Waals surface area contributed by atoms with Crippen LogP contribution in [-0.4, -0.2) is 14.2 Å². The topological polar surface area (TPSA) is 30.5 Å². The van der Waals surface area contributed by atoms with E-state index in [0.717, 1.165) is 11.3 Å². The van der Waals surface area contributed by atoms with E-state index in [-0.39, 0.29) is 17.6 Å². The fourth-order valence-electron chi connectivity index (χ4n) is 2.03. The quantitative estimate of drug-likeness (QED) is 0.870. The molecule has 1 atom stereocenters. The molecule has 0 saturated carbocycles. The van der Waals surface area contributed by atoms with Crippen LogP contribution in [-0.2, 0) is 0 Å². The maximum atomic E-state index is 13.7. The van der Waals surface area contributed by atoms with E-state index in [4.69, 9.17) is 21.1 Å². The normalized spacial score (nSPS) is 11.9. The highest BCUT2D eigenvalue weighted by atomic mass is 35.5. The Morgan fingerprint density at radius 2 is 1.76 bits per heavy atom. The predicted octanol–water partition coefficient (Wildman–Crippen LogP) is 4.67. The smallest absolute Gasteiger partial charge is 0.165 e. The molecule has 112 valence electrons. The molecular formula is C16H17ClFNO2. The number of benzene rings is 2.